The molecule has 0 radical (unpaired) electrons. The average molecular weight is 307 g/mol. The molecule has 1 amide bonds. The summed E-state index contributed by atoms with van der Waals surface area (Å²) in [5.41, 5.74) is 5.41. The van der Waals surface area contributed by atoms with Gasteiger partial charge in [0.15, 0.2) is 5.82 Å². The second-order valence-electron chi connectivity index (χ2n) is 4.41. The minimum atomic E-state index is -0.989. The molecule has 0 fully saturated rings. The van der Waals surface area contributed by atoms with Gasteiger partial charge < -0.3 is 11.1 Å². The van der Waals surface area contributed by atoms with E-state index in [9.17, 15) is 13.6 Å². The molecule has 0 atom stereocenters. The first-order valence-corrected chi connectivity index (χ1v) is 6.72. The topological polar surface area (TPSA) is 78.9 Å². The molecule has 1 heterocycles. The number of amides is 1. The van der Waals surface area contributed by atoms with Crippen LogP contribution in [0.1, 0.15) is 26.4 Å². The molecule has 0 unspecified atom stereocenters. The van der Waals surface area contributed by atoms with Crippen LogP contribution in [0.2, 0.25) is 0 Å². The van der Waals surface area contributed by atoms with Crippen molar-refractivity contribution < 1.29 is 13.6 Å². The van der Waals surface area contributed by atoms with E-state index in [1.807, 2.05) is 6.07 Å². The summed E-state index contributed by atoms with van der Waals surface area (Å²) in [6, 6.07) is 3.54. The SMILES string of the molecule is Cc1sc(NC(=O)c2cc(F)cc(N)c2F)c(C#N)c1C. The van der Waals surface area contributed by atoms with Crippen LogP contribution in [-0.2, 0) is 0 Å². The standard InChI is InChI=1S/C14H11F2N3OS/c1-6-7(2)21-14(10(6)5-17)19-13(20)9-3-8(15)4-11(18)12(9)16/h3-4H,18H2,1-2H3,(H,19,20). The number of hydrogen-bond donors (Lipinski definition) is 2. The van der Waals surface area contributed by atoms with Gasteiger partial charge in [0.05, 0.1) is 16.8 Å². The van der Waals surface area contributed by atoms with Crippen LogP contribution in [0.3, 0.4) is 0 Å². The lowest BCUT2D eigenvalue weighted by Gasteiger charge is -2.06. The summed E-state index contributed by atoms with van der Waals surface area (Å²) in [5, 5.41) is 11.8. The van der Waals surface area contributed by atoms with Crippen LogP contribution in [0.15, 0.2) is 12.1 Å². The van der Waals surface area contributed by atoms with E-state index in [1.54, 1.807) is 13.8 Å². The molecular weight excluding hydrogens is 296 g/mol. The van der Waals surface area contributed by atoms with Crippen molar-refractivity contribution in [3.8, 4) is 6.07 Å². The molecule has 1 aromatic carbocycles. The molecule has 3 N–H and O–H groups in total. The van der Waals surface area contributed by atoms with Crippen LogP contribution in [0, 0.1) is 36.8 Å². The monoisotopic (exact) mass is 307 g/mol. The largest absolute Gasteiger partial charge is 0.396 e. The smallest absolute Gasteiger partial charge is 0.259 e. The molecule has 0 aliphatic heterocycles. The van der Waals surface area contributed by atoms with Crippen LogP contribution in [0.4, 0.5) is 19.5 Å². The van der Waals surface area contributed by atoms with Crippen molar-refractivity contribution in [2.45, 2.75) is 13.8 Å². The maximum absolute atomic E-state index is 13.8. The maximum atomic E-state index is 13.8. The number of benzene rings is 1. The molecule has 0 aliphatic carbocycles. The highest BCUT2D eigenvalue weighted by Gasteiger charge is 2.19. The number of carbonyl (C=O) groups excluding carboxylic acids is 1. The van der Waals surface area contributed by atoms with Gasteiger partial charge in [0.2, 0.25) is 0 Å². The van der Waals surface area contributed by atoms with Crippen molar-refractivity contribution in [1.29, 1.82) is 5.26 Å². The minimum absolute atomic E-state index is 0.305. The highest BCUT2D eigenvalue weighted by Crippen LogP contribution is 2.32. The first kappa shape index (κ1) is 14.9. The Morgan fingerprint density at radius 2 is 2.05 bits per heavy atom. The van der Waals surface area contributed by atoms with E-state index >= 15 is 0 Å². The number of nitrogen functional groups attached to an aromatic ring is 1. The van der Waals surface area contributed by atoms with Crippen LogP contribution in [-0.4, -0.2) is 5.91 Å². The van der Waals surface area contributed by atoms with Crippen molar-refractivity contribution in [3.63, 3.8) is 0 Å². The molecule has 0 saturated carbocycles. The van der Waals surface area contributed by atoms with E-state index in [2.05, 4.69) is 5.32 Å². The lowest BCUT2D eigenvalue weighted by atomic mass is 10.1. The normalized spacial score (nSPS) is 10.2. The van der Waals surface area contributed by atoms with Gasteiger partial charge in [0, 0.05) is 4.88 Å². The third-order valence-corrected chi connectivity index (χ3v) is 4.16. The van der Waals surface area contributed by atoms with E-state index in [4.69, 9.17) is 11.0 Å². The highest BCUT2D eigenvalue weighted by molar-refractivity contribution is 7.16. The Morgan fingerprint density at radius 1 is 1.38 bits per heavy atom. The number of aryl methyl sites for hydroxylation is 1. The van der Waals surface area contributed by atoms with Crippen molar-refractivity contribution in [2.24, 2.45) is 0 Å². The van der Waals surface area contributed by atoms with E-state index in [1.165, 1.54) is 11.3 Å². The number of nitrogens with one attached hydrogen (secondary N) is 1. The molecular formula is C14H11F2N3OS. The lowest BCUT2D eigenvalue weighted by molar-refractivity contribution is 0.102. The number of hydrogen-bond acceptors (Lipinski definition) is 4. The second kappa shape index (κ2) is 5.50. The first-order chi connectivity index (χ1) is 9.85. The van der Waals surface area contributed by atoms with E-state index in [-0.39, 0.29) is 0 Å². The number of rotatable bonds is 2. The first-order valence-electron chi connectivity index (χ1n) is 5.91. The Bertz CT molecular complexity index is 778. The van der Waals surface area contributed by atoms with Crippen LogP contribution >= 0.6 is 11.3 Å². The van der Waals surface area contributed by atoms with E-state index < -0.39 is 28.8 Å². The zero-order valence-corrected chi connectivity index (χ0v) is 12.1. The third kappa shape index (κ3) is 2.71. The Labute approximate surface area is 123 Å². The fourth-order valence-corrected chi connectivity index (χ4v) is 2.80. The van der Waals surface area contributed by atoms with Gasteiger partial charge in [0.1, 0.15) is 16.9 Å². The van der Waals surface area contributed by atoms with Gasteiger partial charge in [-0.2, -0.15) is 5.26 Å². The van der Waals surface area contributed by atoms with Gasteiger partial charge in [-0.25, -0.2) is 8.78 Å². The average Bonchev–Trinajstić information content (AvgIpc) is 2.68. The van der Waals surface area contributed by atoms with Gasteiger partial charge in [-0.3, -0.25) is 4.79 Å². The Hall–Kier alpha value is -2.46. The molecule has 1 aromatic heterocycles. The van der Waals surface area contributed by atoms with Crippen molar-refractivity contribution in [2.75, 3.05) is 11.1 Å². The fourth-order valence-electron chi connectivity index (χ4n) is 1.80. The summed E-state index contributed by atoms with van der Waals surface area (Å²) in [7, 11) is 0. The van der Waals surface area contributed by atoms with Gasteiger partial charge in [-0.1, -0.05) is 0 Å². The molecule has 7 heteroatoms. The molecule has 2 rings (SSSR count). The minimum Gasteiger partial charge on any atom is -0.396 e. The summed E-state index contributed by atoms with van der Waals surface area (Å²) >= 11 is 1.20. The van der Waals surface area contributed by atoms with Crippen LogP contribution in [0.5, 0.6) is 0 Å². The molecule has 21 heavy (non-hydrogen) atoms. The number of carbonyl (C=O) groups is 1. The van der Waals surface area contributed by atoms with Gasteiger partial charge in [0.25, 0.3) is 5.91 Å². The molecule has 0 saturated heterocycles. The quantitative estimate of drug-likeness (QED) is 0.835. The summed E-state index contributed by atoms with van der Waals surface area (Å²) in [6.07, 6.45) is 0. The number of nitrogens with two attached hydrogens (primary N) is 1. The summed E-state index contributed by atoms with van der Waals surface area (Å²) in [4.78, 5) is 12.9. The summed E-state index contributed by atoms with van der Waals surface area (Å²) in [5.74, 6) is -2.65. The number of nitriles is 1. The number of nitrogens with zero attached hydrogens (tertiary/aromatic N) is 1. The number of thiophene rings is 1. The van der Waals surface area contributed by atoms with Gasteiger partial charge in [-0.15, -0.1) is 11.3 Å². The Kier molecular flexibility index (Phi) is 3.91. The second-order valence-corrected chi connectivity index (χ2v) is 5.63. The molecule has 0 aliphatic rings. The van der Waals surface area contributed by atoms with E-state index in [0.29, 0.717) is 10.6 Å². The predicted molar refractivity (Wildman–Crippen MR) is 77.2 cm³/mol. The zero-order chi connectivity index (χ0) is 15.7. The molecule has 4 nitrogen and oxygen atoms in total. The Morgan fingerprint density at radius 3 is 2.67 bits per heavy atom. The third-order valence-electron chi connectivity index (χ3n) is 3.03. The predicted octanol–water partition coefficient (Wildman–Crippen LogP) is 3.35. The van der Waals surface area contributed by atoms with Crippen LogP contribution < -0.4 is 11.1 Å². The van der Waals surface area contributed by atoms with Crippen molar-refractivity contribution >= 4 is 27.9 Å². The fraction of sp³-hybridized carbons (Fsp3) is 0.143. The number of anilines is 2. The van der Waals surface area contributed by atoms with Crippen molar-refractivity contribution in [3.05, 3.63) is 45.3 Å². The molecule has 0 spiro atoms. The lowest BCUT2D eigenvalue weighted by Crippen LogP contribution is -2.15. The van der Waals surface area contributed by atoms with Crippen molar-refractivity contribution in [1.82, 2.24) is 0 Å². The van der Waals surface area contributed by atoms with Gasteiger partial charge >= 0.3 is 0 Å². The summed E-state index contributed by atoms with van der Waals surface area (Å²) in [6.45, 7) is 3.55. The molecule has 0 bridgehead atoms. The maximum Gasteiger partial charge on any atom is 0.259 e. The highest BCUT2D eigenvalue weighted by atomic mass is 32.1. The molecule has 2 aromatic rings. The van der Waals surface area contributed by atoms with Gasteiger partial charge in [-0.05, 0) is 31.5 Å². The van der Waals surface area contributed by atoms with E-state index in [0.717, 1.165) is 22.6 Å². The summed E-state index contributed by atoms with van der Waals surface area (Å²) < 4.78 is 27.0. The number of halogens is 2. The zero-order valence-electron chi connectivity index (χ0n) is 11.3. The van der Waals surface area contributed by atoms with Crippen LogP contribution in [0.25, 0.3) is 0 Å². The Balaban J connectivity index is 2.40. The molecule has 108 valence electrons.